The molecule has 2 aromatic rings. The van der Waals surface area contributed by atoms with Gasteiger partial charge in [-0.25, -0.2) is 0 Å². The van der Waals surface area contributed by atoms with E-state index in [0.717, 1.165) is 43.1 Å². The summed E-state index contributed by atoms with van der Waals surface area (Å²) in [6.07, 6.45) is 1.02. The van der Waals surface area contributed by atoms with Gasteiger partial charge in [0.05, 0.1) is 18.8 Å². The fraction of sp³-hybridized carbons (Fsp3) is 0.294. The van der Waals surface area contributed by atoms with Crippen LogP contribution in [-0.2, 0) is 13.0 Å². The van der Waals surface area contributed by atoms with Gasteiger partial charge in [-0.3, -0.25) is 0 Å². The molecule has 1 aliphatic heterocycles. The third-order valence-electron chi connectivity index (χ3n) is 3.68. The van der Waals surface area contributed by atoms with Gasteiger partial charge in [-0.1, -0.05) is 36.4 Å². The third kappa shape index (κ3) is 2.78. The SMILES string of the molecule is OCc1ccc2c(c1)N(CCc1ccccc1)CCO2. The first kappa shape index (κ1) is 13.0. The highest BCUT2D eigenvalue weighted by Gasteiger charge is 2.18. The lowest BCUT2D eigenvalue weighted by Crippen LogP contribution is -2.34. The summed E-state index contributed by atoms with van der Waals surface area (Å²) in [5.41, 5.74) is 3.37. The minimum atomic E-state index is 0.0693. The van der Waals surface area contributed by atoms with Crippen LogP contribution in [0.1, 0.15) is 11.1 Å². The predicted molar refractivity (Wildman–Crippen MR) is 80.2 cm³/mol. The fourth-order valence-electron chi connectivity index (χ4n) is 2.56. The maximum atomic E-state index is 9.27. The number of benzene rings is 2. The number of anilines is 1. The molecule has 0 amide bonds. The summed E-state index contributed by atoms with van der Waals surface area (Å²) in [6, 6.07) is 16.4. The summed E-state index contributed by atoms with van der Waals surface area (Å²) in [5, 5.41) is 9.27. The molecule has 3 heteroatoms. The second-order valence-corrected chi connectivity index (χ2v) is 5.03. The van der Waals surface area contributed by atoms with Crippen molar-refractivity contribution >= 4 is 5.69 Å². The van der Waals surface area contributed by atoms with Gasteiger partial charge >= 0.3 is 0 Å². The first-order valence-corrected chi connectivity index (χ1v) is 7.02. The van der Waals surface area contributed by atoms with Crippen molar-refractivity contribution < 1.29 is 9.84 Å². The van der Waals surface area contributed by atoms with Crippen molar-refractivity contribution in [3.63, 3.8) is 0 Å². The Kier molecular flexibility index (Phi) is 3.88. The average Bonchev–Trinajstić information content (AvgIpc) is 2.53. The Labute approximate surface area is 119 Å². The number of ether oxygens (including phenoxy) is 1. The second-order valence-electron chi connectivity index (χ2n) is 5.03. The van der Waals surface area contributed by atoms with Gasteiger partial charge in [-0.15, -0.1) is 0 Å². The van der Waals surface area contributed by atoms with Crippen molar-refractivity contribution in [3.05, 3.63) is 59.7 Å². The van der Waals surface area contributed by atoms with Crippen LogP contribution >= 0.6 is 0 Å². The summed E-state index contributed by atoms with van der Waals surface area (Å²) in [7, 11) is 0. The molecule has 20 heavy (non-hydrogen) atoms. The highest BCUT2D eigenvalue weighted by Crippen LogP contribution is 2.32. The van der Waals surface area contributed by atoms with E-state index < -0.39 is 0 Å². The number of rotatable bonds is 4. The average molecular weight is 269 g/mol. The van der Waals surface area contributed by atoms with Crippen LogP contribution in [0.3, 0.4) is 0 Å². The minimum absolute atomic E-state index is 0.0693. The van der Waals surface area contributed by atoms with Gasteiger partial charge in [-0.2, -0.15) is 0 Å². The highest BCUT2D eigenvalue weighted by molar-refractivity contribution is 5.61. The van der Waals surface area contributed by atoms with Crippen LogP contribution in [0.4, 0.5) is 5.69 Å². The topological polar surface area (TPSA) is 32.7 Å². The van der Waals surface area contributed by atoms with Gasteiger partial charge < -0.3 is 14.7 Å². The number of nitrogens with zero attached hydrogens (tertiary/aromatic N) is 1. The summed E-state index contributed by atoms with van der Waals surface area (Å²) >= 11 is 0. The van der Waals surface area contributed by atoms with Crippen molar-refractivity contribution in [2.75, 3.05) is 24.6 Å². The zero-order chi connectivity index (χ0) is 13.8. The van der Waals surface area contributed by atoms with Gasteiger partial charge in [0.1, 0.15) is 12.4 Å². The van der Waals surface area contributed by atoms with Gasteiger partial charge in [0.15, 0.2) is 0 Å². The van der Waals surface area contributed by atoms with Crippen molar-refractivity contribution in [2.24, 2.45) is 0 Å². The Hall–Kier alpha value is -2.00. The summed E-state index contributed by atoms with van der Waals surface area (Å²) in [4.78, 5) is 2.34. The van der Waals surface area contributed by atoms with Gasteiger partial charge in [0.25, 0.3) is 0 Å². The summed E-state index contributed by atoms with van der Waals surface area (Å²) in [6.45, 7) is 2.66. The quantitative estimate of drug-likeness (QED) is 0.926. The molecule has 0 atom stereocenters. The fourth-order valence-corrected chi connectivity index (χ4v) is 2.56. The Morgan fingerprint density at radius 2 is 1.90 bits per heavy atom. The van der Waals surface area contributed by atoms with E-state index in [1.54, 1.807) is 0 Å². The van der Waals surface area contributed by atoms with Crippen LogP contribution in [0.25, 0.3) is 0 Å². The smallest absolute Gasteiger partial charge is 0.142 e. The van der Waals surface area contributed by atoms with Crippen molar-refractivity contribution in [1.82, 2.24) is 0 Å². The van der Waals surface area contributed by atoms with E-state index in [9.17, 15) is 5.11 Å². The van der Waals surface area contributed by atoms with Crippen molar-refractivity contribution in [3.8, 4) is 5.75 Å². The molecule has 1 N–H and O–H groups in total. The summed E-state index contributed by atoms with van der Waals surface area (Å²) in [5.74, 6) is 0.918. The van der Waals surface area contributed by atoms with Gasteiger partial charge in [-0.05, 0) is 29.7 Å². The van der Waals surface area contributed by atoms with Crippen molar-refractivity contribution in [2.45, 2.75) is 13.0 Å². The Balaban J connectivity index is 1.75. The Morgan fingerprint density at radius 3 is 2.70 bits per heavy atom. The number of aliphatic hydroxyl groups is 1. The number of hydrogen-bond donors (Lipinski definition) is 1. The zero-order valence-corrected chi connectivity index (χ0v) is 11.5. The van der Waals surface area contributed by atoms with Crippen LogP contribution in [0.2, 0.25) is 0 Å². The predicted octanol–water partition coefficient (Wildman–Crippen LogP) is 2.62. The van der Waals surface area contributed by atoms with E-state index >= 15 is 0 Å². The highest BCUT2D eigenvalue weighted by atomic mass is 16.5. The molecule has 0 radical (unpaired) electrons. The van der Waals surface area contributed by atoms with E-state index in [1.807, 2.05) is 24.3 Å². The molecule has 104 valence electrons. The molecule has 0 spiro atoms. The molecule has 0 unspecified atom stereocenters. The maximum absolute atomic E-state index is 9.27. The number of hydrogen-bond acceptors (Lipinski definition) is 3. The molecule has 1 aliphatic rings. The zero-order valence-electron chi connectivity index (χ0n) is 11.5. The molecule has 3 rings (SSSR count). The summed E-state index contributed by atoms with van der Waals surface area (Å²) < 4.78 is 5.68. The monoisotopic (exact) mass is 269 g/mol. The van der Waals surface area contributed by atoms with E-state index in [2.05, 4.69) is 29.2 Å². The number of aliphatic hydroxyl groups excluding tert-OH is 1. The van der Waals surface area contributed by atoms with Crippen LogP contribution < -0.4 is 9.64 Å². The van der Waals surface area contributed by atoms with Gasteiger partial charge in [0, 0.05) is 6.54 Å². The molecule has 3 nitrogen and oxygen atoms in total. The van der Waals surface area contributed by atoms with E-state index in [0.29, 0.717) is 0 Å². The lowest BCUT2D eigenvalue weighted by Gasteiger charge is -2.31. The third-order valence-corrected chi connectivity index (χ3v) is 3.68. The normalized spacial score (nSPS) is 13.8. The molecular weight excluding hydrogens is 250 g/mol. The largest absolute Gasteiger partial charge is 0.490 e. The molecule has 2 aromatic carbocycles. The first-order valence-electron chi connectivity index (χ1n) is 7.02. The van der Waals surface area contributed by atoms with Crippen LogP contribution in [-0.4, -0.2) is 24.8 Å². The van der Waals surface area contributed by atoms with E-state index in [1.165, 1.54) is 5.56 Å². The van der Waals surface area contributed by atoms with Crippen LogP contribution in [0.15, 0.2) is 48.5 Å². The molecule has 0 aliphatic carbocycles. The Bertz CT molecular complexity index is 568. The lowest BCUT2D eigenvalue weighted by atomic mass is 10.1. The molecule has 0 saturated heterocycles. The minimum Gasteiger partial charge on any atom is -0.490 e. The lowest BCUT2D eigenvalue weighted by molar-refractivity contribution is 0.280. The molecule has 0 saturated carbocycles. The molecule has 1 heterocycles. The molecular formula is C17H19NO2. The second kappa shape index (κ2) is 5.97. The molecule has 0 bridgehead atoms. The van der Waals surface area contributed by atoms with Gasteiger partial charge in [0.2, 0.25) is 0 Å². The standard InChI is InChI=1S/C17H19NO2/c19-13-15-6-7-17-16(12-15)18(10-11-20-17)9-8-14-4-2-1-3-5-14/h1-7,12,19H,8-11,13H2. The number of fused-ring (bicyclic) bond motifs is 1. The molecule has 0 fully saturated rings. The first-order chi connectivity index (χ1) is 9.86. The van der Waals surface area contributed by atoms with Crippen LogP contribution in [0.5, 0.6) is 5.75 Å². The molecule has 0 aromatic heterocycles. The van der Waals surface area contributed by atoms with E-state index in [4.69, 9.17) is 4.74 Å². The van der Waals surface area contributed by atoms with Crippen molar-refractivity contribution in [1.29, 1.82) is 0 Å². The van der Waals surface area contributed by atoms with Crippen LogP contribution in [0, 0.1) is 0 Å². The van der Waals surface area contributed by atoms with E-state index in [-0.39, 0.29) is 6.61 Å². The maximum Gasteiger partial charge on any atom is 0.142 e. The Morgan fingerprint density at radius 1 is 1.05 bits per heavy atom.